The van der Waals surface area contributed by atoms with E-state index >= 15 is 0 Å². The summed E-state index contributed by atoms with van der Waals surface area (Å²) in [6.07, 6.45) is 8.63. The highest BCUT2D eigenvalue weighted by molar-refractivity contribution is 5.71. The molecule has 0 saturated heterocycles. The van der Waals surface area contributed by atoms with Crippen LogP contribution in [0.2, 0.25) is 0 Å². The molecule has 0 saturated carbocycles. The molecule has 0 aromatic carbocycles. The second-order valence-electron chi connectivity index (χ2n) is 2.15. The second-order valence-corrected chi connectivity index (χ2v) is 2.15. The maximum absolute atomic E-state index is 4.06. The van der Waals surface area contributed by atoms with Gasteiger partial charge in [-0.3, -0.25) is 4.99 Å². The predicted molar refractivity (Wildman–Crippen MR) is 47.4 cm³/mol. The van der Waals surface area contributed by atoms with Crippen LogP contribution in [-0.2, 0) is 0 Å². The highest BCUT2D eigenvalue weighted by Crippen LogP contribution is 1.96. The Morgan fingerprint density at radius 3 is 2.70 bits per heavy atom. The minimum atomic E-state index is 1.08. The van der Waals surface area contributed by atoms with Crippen molar-refractivity contribution in [3.05, 3.63) is 23.9 Å². The van der Waals surface area contributed by atoms with Crippen LogP contribution in [0.1, 0.15) is 27.2 Å². The summed E-state index contributed by atoms with van der Waals surface area (Å²) in [5, 5.41) is 0. The van der Waals surface area contributed by atoms with Crippen LogP contribution in [0.5, 0.6) is 0 Å². The lowest BCUT2D eigenvalue weighted by molar-refractivity contribution is 1.09. The number of allylic oxidation sites excluding steroid dienone is 3. The van der Waals surface area contributed by atoms with E-state index in [0.717, 1.165) is 6.42 Å². The molecule has 0 aromatic heterocycles. The van der Waals surface area contributed by atoms with Crippen LogP contribution >= 0.6 is 0 Å². The number of hydrogen-bond donors (Lipinski definition) is 0. The Morgan fingerprint density at radius 2 is 2.20 bits per heavy atom. The predicted octanol–water partition coefficient (Wildman–Crippen LogP) is 2.95. The van der Waals surface area contributed by atoms with Gasteiger partial charge in [-0.1, -0.05) is 18.6 Å². The Labute approximate surface area is 63.2 Å². The van der Waals surface area contributed by atoms with Gasteiger partial charge < -0.3 is 0 Å². The first-order chi connectivity index (χ1) is 4.81. The highest BCUT2D eigenvalue weighted by atomic mass is 14.7. The summed E-state index contributed by atoms with van der Waals surface area (Å²) in [4.78, 5) is 4.06. The third-order valence-corrected chi connectivity index (χ3v) is 1.22. The van der Waals surface area contributed by atoms with Crippen LogP contribution in [0.25, 0.3) is 0 Å². The summed E-state index contributed by atoms with van der Waals surface area (Å²) < 4.78 is 0. The van der Waals surface area contributed by atoms with E-state index < -0.39 is 0 Å². The fraction of sp³-hybridized carbons (Fsp3) is 0.444. The molecule has 0 N–H and O–H groups in total. The van der Waals surface area contributed by atoms with Crippen molar-refractivity contribution in [3.63, 3.8) is 0 Å². The molecule has 0 fully saturated rings. The Balaban J connectivity index is 3.70. The molecule has 0 rings (SSSR count). The number of hydrogen-bond acceptors (Lipinski definition) is 1. The van der Waals surface area contributed by atoms with Gasteiger partial charge in [0.05, 0.1) is 0 Å². The molecule has 0 atom stereocenters. The average Bonchev–Trinajstić information content (AvgIpc) is 1.98. The van der Waals surface area contributed by atoms with Crippen LogP contribution in [0.4, 0.5) is 0 Å². The maximum atomic E-state index is 4.06. The minimum absolute atomic E-state index is 1.08. The average molecular weight is 137 g/mol. The van der Waals surface area contributed by atoms with Crippen molar-refractivity contribution in [2.24, 2.45) is 4.99 Å². The van der Waals surface area contributed by atoms with Crippen LogP contribution in [-0.4, -0.2) is 6.21 Å². The maximum Gasteiger partial charge on any atom is 0.0264 e. The van der Waals surface area contributed by atoms with Gasteiger partial charge in [-0.25, -0.2) is 0 Å². The van der Waals surface area contributed by atoms with E-state index in [1.807, 2.05) is 25.3 Å². The molecular formula is C9H15N. The van der Waals surface area contributed by atoms with Crippen LogP contribution in [0.15, 0.2) is 28.9 Å². The molecule has 0 heterocycles. The van der Waals surface area contributed by atoms with Gasteiger partial charge in [-0.05, 0) is 26.3 Å². The first-order valence-corrected chi connectivity index (χ1v) is 3.61. The summed E-state index contributed by atoms with van der Waals surface area (Å²) >= 11 is 0. The third-order valence-electron chi connectivity index (χ3n) is 1.22. The van der Waals surface area contributed by atoms with Gasteiger partial charge in [0, 0.05) is 12.4 Å². The molecular weight excluding hydrogens is 122 g/mol. The van der Waals surface area contributed by atoms with Crippen LogP contribution < -0.4 is 0 Å². The van der Waals surface area contributed by atoms with Gasteiger partial charge in [0.2, 0.25) is 0 Å². The van der Waals surface area contributed by atoms with Gasteiger partial charge in [0.25, 0.3) is 0 Å². The van der Waals surface area contributed by atoms with Gasteiger partial charge >= 0.3 is 0 Å². The fourth-order valence-electron chi connectivity index (χ4n) is 0.397. The van der Waals surface area contributed by atoms with Crippen molar-refractivity contribution in [1.82, 2.24) is 0 Å². The fourth-order valence-corrected chi connectivity index (χ4v) is 0.397. The van der Waals surface area contributed by atoms with Crippen molar-refractivity contribution in [3.8, 4) is 0 Å². The molecule has 56 valence electrons. The summed E-state index contributed by atoms with van der Waals surface area (Å²) in [6.45, 7) is 6.17. The van der Waals surface area contributed by atoms with E-state index in [9.17, 15) is 0 Å². The largest absolute Gasteiger partial charge is 0.265 e. The Morgan fingerprint density at radius 1 is 1.50 bits per heavy atom. The highest BCUT2D eigenvalue weighted by Gasteiger charge is 1.77. The summed E-state index contributed by atoms with van der Waals surface area (Å²) in [5.41, 5.74) is 1.31. The molecule has 10 heavy (non-hydrogen) atoms. The lowest BCUT2D eigenvalue weighted by atomic mass is 10.3. The summed E-state index contributed by atoms with van der Waals surface area (Å²) in [6, 6.07) is 0. The normalized spacial score (nSPS) is 13.7. The lowest BCUT2D eigenvalue weighted by Gasteiger charge is -1.86. The summed E-state index contributed by atoms with van der Waals surface area (Å²) in [5.74, 6) is 0. The molecule has 0 aliphatic heterocycles. The molecule has 0 bridgehead atoms. The quantitative estimate of drug-likeness (QED) is 0.530. The first kappa shape index (κ1) is 9.15. The summed E-state index contributed by atoms with van der Waals surface area (Å²) in [7, 11) is 0. The SMILES string of the molecule is C\C=C/C=N/C=C(\C)CC. The zero-order valence-corrected chi connectivity index (χ0v) is 6.96. The van der Waals surface area contributed by atoms with Crippen molar-refractivity contribution in [2.45, 2.75) is 27.2 Å². The molecule has 0 aromatic rings. The van der Waals surface area contributed by atoms with Crippen LogP contribution in [0, 0.1) is 0 Å². The Bertz CT molecular complexity index is 152. The van der Waals surface area contributed by atoms with Gasteiger partial charge in [0.15, 0.2) is 0 Å². The molecule has 1 nitrogen and oxygen atoms in total. The number of nitrogens with zero attached hydrogens (tertiary/aromatic N) is 1. The van der Waals surface area contributed by atoms with Crippen molar-refractivity contribution in [1.29, 1.82) is 0 Å². The molecule has 0 aliphatic rings. The first-order valence-electron chi connectivity index (χ1n) is 3.61. The molecule has 0 unspecified atom stereocenters. The number of aliphatic imine (C=N–C) groups is 1. The molecule has 0 radical (unpaired) electrons. The number of rotatable bonds is 3. The smallest absolute Gasteiger partial charge is 0.0264 e. The Kier molecular flexibility index (Phi) is 5.74. The van der Waals surface area contributed by atoms with Crippen molar-refractivity contribution < 1.29 is 0 Å². The van der Waals surface area contributed by atoms with E-state index in [-0.39, 0.29) is 0 Å². The lowest BCUT2D eigenvalue weighted by Crippen LogP contribution is -1.68. The van der Waals surface area contributed by atoms with Gasteiger partial charge in [-0.2, -0.15) is 0 Å². The second kappa shape index (κ2) is 6.27. The molecule has 0 spiro atoms. The molecule has 0 aliphatic carbocycles. The zero-order chi connectivity index (χ0) is 7.82. The van der Waals surface area contributed by atoms with Crippen LogP contribution in [0.3, 0.4) is 0 Å². The van der Waals surface area contributed by atoms with E-state index in [4.69, 9.17) is 0 Å². The minimum Gasteiger partial charge on any atom is -0.265 e. The monoisotopic (exact) mass is 137 g/mol. The van der Waals surface area contributed by atoms with E-state index in [1.54, 1.807) is 6.21 Å². The van der Waals surface area contributed by atoms with E-state index in [1.165, 1.54) is 5.57 Å². The topological polar surface area (TPSA) is 12.4 Å². The van der Waals surface area contributed by atoms with E-state index in [0.29, 0.717) is 0 Å². The third kappa shape index (κ3) is 5.29. The standard InChI is InChI=1S/C9H15N/c1-4-6-7-10-8-9(3)5-2/h4,6-8H,5H2,1-3H3/b6-4-,9-8+,10-7+. The van der Waals surface area contributed by atoms with Crippen molar-refractivity contribution in [2.75, 3.05) is 0 Å². The van der Waals surface area contributed by atoms with E-state index in [2.05, 4.69) is 18.8 Å². The zero-order valence-electron chi connectivity index (χ0n) is 6.96. The van der Waals surface area contributed by atoms with Crippen molar-refractivity contribution >= 4 is 6.21 Å². The molecule has 1 heteroatoms. The van der Waals surface area contributed by atoms with Gasteiger partial charge in [0.1, 0.15) is 0 Å². The van der Waals surface area contributed by atoms with Gasteiger partial charge in [-0.15, -0.1) is 0 Å². The Hall–Kier alpha value is -0.850. The molecule has 0 amide bonds.